The topological polar surface area (TPSA) is 97.6 Å². The number of carbonyl (C=O) groups is 1. The minimum Gasteiger partial charge on any atom is -0.493 e. The molecule has 11 heteroatoms. The van der Waals surface area contributed by atoms with E-state index in [0.717, 1.165) is 5.56 Å². The fraction of sp³-hybridized carbons (Fsp3) is 0.286. The van der Waals surface area contributed by atoms with Crippen molar-refractivity contribution < 1.29 is 28.5 Å². The van der Waals surface area contributed by atoms with Crippen LogP contribution >= 0.6 is 22.9 Å². The molecule has 0 amide bonds. The standard InChI is InChI=1S/C35H35ClN2O7S/c1-7-43-34(40)30-21(4)37-35-38(31(30)23-13-16-26(45-20(2)3)28(17-23)42-6)33(39)29(46-35)18-24-9-8-10-27(41-5)32(24)44-19-22-11-14-25(36)15-12-22/h8-18,20,31H,7,19H2,1-6H3/b29-18+/t31-/m1/s1. The van der Waals surface area contributed by atoms with Gasteiger partial charge in [-0.25, -0.2) is 9.79 Å². The second-order valence-electron chi connectivity index (χ2n) is 10.7. The van der Waals surface area contributed by atoms with Crippen LogP contribution in [0.15, 0.2) is 81.7 Å². The summed E-state index contributed by atoms with van der Waals surface area (Å²) < 4.78 is 30.8. The average Bonchev–Trinajstić information content (AvgIpc) is 3.34. The summed E-state index contributed by atoms with van der Waals surface area (Å²) in [6.07, 6.45) is 1.68. The SMILES string of the molecule is CCOC(=O)C1=C(C)N=c2s/c(=C/c3cccc(OC)c3OCc3ccc(Cl)cc3)c(=O)n2[C@@H]1c1ccc(OC(C)C)c(OC)c1. The van der Waals surface area contributed by atoms with Crippen molar-refractivity contribution in [2.75, 3.05) is 20.8 Å². The third kappa shape index (κ3) is 6.83. The lowest BCUT2D eigenvalue weighted by Gasteiger charge is -2.25. The molecule has 46 heavy (non-hydrogen) atoms. The zero-order valence-electron chi connectivity index (χ0n) is 26.5. The number of nitrogens with zero attached hydrogens (tertiary/aromatic N) is 2. The van der Waals surface area contributed by atoms with Crippen LogP contribution in [-0.4, -0.2) is 37.5 Å². The van der Waals surface area contributed by atoms with Gasteiger partial charge in [0, 0.05) is 10.6 Å². The summed E-state index contributed by atoms with van der Waals surface area (Å²) in [5.74, 6) is 1.48. The Morgan fingerprint density at radius 1 is 1.04 bits per heavy atom. The van der Waals surface area contributed by atoms with Crippen LogP contribution in [0.1, 0.15) is 50.4 Å². The predicted molar refractivity (Wildman–Crippen MR) is 178 cm³/mol. The molecule has 0 unspecified atom stereocenters. The Hall–Kier alpha value is -4.54. The van der Waals surface area contributed by atoms with Crippen LogP contribution in [0.3, 0.4) is 0 Å². The molecule has 3 aromatic carbocycles. The molecule has 4 aromatic rings. The number of allylic oxidation sites excluding steroid dienone is 1. The normalized spacial score (nSPS) is 14.5. The van der Waals surface area contributed by atoms with E-state index in [0.29, 0.717) is 54.2 Å². The van der Waals surface area contributed by atoms with Crippen LogP contribution in [0.25, 0.3) is 6.08 Å². The highest BCUT2D eigenvalue weighted by Gasteiger charge is 2.34. The molecule has 1 atom stereocenters. The van der Waals surface area contributed by atoms with Gasteiger partial charge in [0.05, 0.1) is 48.8 Å². The lowest BCUT2D eigenvalue weighted by molar-refractivity contribution is -0.139. The molecule has 0 bridgehead atoms. The van der Waals surface area contributed by atoms with Crippen molar-refractivity contribution in [3.05, 3.63) is 113 Å². The quantitative estimate of drug-likeness (QED) is 0.186. The molecule has 0 radical (unpaired) electrons. The number of carbonyl (C=O) groups excluding carboxylic acids is 1. The molecule has 240 valence electrons. The average molecular weight is 663 g/mol. The predicted octanol–water partition coefficient (Wildman–Crippen LogP) is 5.84. The van der Waals surface area contributed by atoms with Crippen molar-refractivity contribution in [1.29, 1.82) is 0 Å². The summed E-state index contributed by atoms with van der Waals surface area (Å²) in [5.41, 5.74) is 2.62. The molecule has 0 fully saturated rings. The van der Waals surface area contributed by atoms with Gasteiger partial charge in [-0.15, -0.1) is 0 Å². The van der Waals surface area contributed by atoms with E-state index in [9.17, 15) is 9.59 Å². The minimum absolute atomic E-state index is 0.0775. The van der Waals surface area contributed by atoms with Gasteiger partial charge in [0.25, 0.3) is 5.56 Å². The maximum Gasteiger partial charge on any atom is 0.338 e. The largest absolute Gasteiger partial charge is 0.493 e. The third-order valence-electron chi connectivity index (χ3n) is 7.20. The van der Waals surface area contributed by atoms with Crippen molar-refractivity contribution in [3.8, 4) is 23.0 Å². The first-order chi connectivity index (χ1) is 22.1. The first-order valence-corrected chi connectivity index (χ1v) is 15.9. The number of thiazole rings is 1. The highest BCUT2D eigenvalue weighted by molar-refractivity contribution is 7.07. The number of fused-ring (bicyclic) bond motifs is 1. The van der Waals surface area contributed by atoms with Crippen molar-refractivity contribution in [1.82, 2.24) is 4.57 Å². The number of para-hydroxylation sites is 1. The first-order valence-electron chi connectivity index (χ1n) is 14.7. The second kappa shape index (κ2) is 14.3. The van der Waals surface area contributed by atoms with Crippen LogP contribution in [0.5, 0.6) is 23.0 Å². The summed E-state index contributed by atoms with van der Waals surface area (Å²) in [7, 11) is 3.11. The van der Waals surface area contributed by atoms with Crippen LogP contribution in [-0.2, 0) is 16.1 Å². The van der Waals surface area contributed by atoms with E-state index in [1.807, 2.05) is 44.2 Å². The number of aromatic nitrogens is 1. The number of hydrogen-bond acceptors (Lipinski definition) is 9. The molecular formula is C35H35ClN2O7S. The van der Waals surface area contributed by atoms with E-state index >= 15 is 0 Å². The van der Waals surface area contributed by atoms with Crippen molar-refractivity contribution in [2.24, 2.45) is 4.99 Å². The monoisotopic (exact) mass is 662 g/mol. The summed E-state index contributed by atoms with van der Waals surface area (Å²) in [4.78, 5) is 32.7. The van der Waals surface area contributed by atoms with E-state index < -0.39 is 12.0 Å². The Morgan fingerprint density at radius 3 is 2.46 bits per heavy atom. The fourth-order valence-electron chi connectivity index (χ4n) is 5.15. The highest BCUT2D eigenvalue weighted by atomic mass is 35.5. The fourth-order valence-corrected chi connectivity index (χ4v) is 6.31. The molecular weight excluding hydrogens is 628 g/mol. The Kier molecular flexibility index (Phi) is 10.2. The van der Waals surface area contributed by atoms with Crippen LogP contribution in [0, 0.1) is 0 Å². The molecule has 0 N–H and O–H groups in total. The Bertz CT molecular complexity index is 1960. The number of halogens is 1. The summed E-state index contributed by atoms with van der Waals surface area (Å²) in [5, 5.41) is 0.634. The third-order valence-corrected chi connectivity index (χ3v) is 8.43. The number of methoxy groups -OCH3 is 2. The van der Waals surface area contributed by atoms with Gasteiger partial charge in [-0.05, 0) is 75.2 Å². The van der Waals surface area contributed by atoms with E-state index in [2.05, 4.69) is 4.99 Å². The van der Waals surface area contributed by atoms with E-state index in [4.69, 9.17) is 35.3 Å². The van der Waals surface area contributed by atoms with Crippen LogP contribution in [0.2, 0.25) is 5.02 Å². The van der Waals surface area contributed by atoms with Gasteiger partial charge in [0.1, 0.15) is 6.61 Å². The number of hydrogen-bond donors (Lipinski definition) is 0. The van der Waals surface area contributed by atoms with Gasteiger partial charge in [0.15, 0.2) is 27.8 Å². The molecule has 0 saturated carbocycles. The van der Waals surface area contributed by atoms with Crippen LogP contribution in [0.4, 0.5) is 0 Å². The molecule has 0 spiro atoms. The number of ether oxygens (including phenoxy) is 5. The second-order valence-corrected chi connectivity index (χ2v) is 12.1. The van der Waals surface area contributed by atoms with E-state index in [1.165, 1.54) is 15.9 Å². The summed E-state index contributed by atoms with van der Waals surface area (Å²) >= 11 is 7.27. The molecule has 9 nitrogen and oxygen atoms in total. The Labute approximate surface area is 275 Å². The van der Waals surface area contributed by atoms with Gasteiger partial charge in [0.2, 0.25) is 0 Å². The number of benzene rings is 3. The lowest BCUT2D eigenvalue weighted by Crippen LogP contribution is -2.40. The zero-order valence-corrected chi connectivity index (χ0v) is 28.0. The highest BCUT2D eigenvalue weighted by Crippen LogP contribution is 2.37. The molecule has 5 rings (SSSR count). The van der Waals surface area contributed by atoms with Gasteiger partial charge in [-0.3, -0.25) is 9.36 Å². The van der Waals surface area contributed by atoms with E-state index in [1.54, 1.807) is 64.5 Å². The minimum atomic E-state index is -0.814. The number of esters is 1. The van der Waals surface area contributed by atoms with Gasteiger partial charge in [-0.1, -0.05) is 53.3 Å². The first kappa shape index (κ1) is 32.8. The Morgan fingerprint density at radius 2 is 1.78 bits per heavy atom. The molecule has 1 aliphatic rings. The smallest absolute Gasteiger partial charge is 0.338 e. The molecule has 2 heterocycles. The van der Waals surface area contributed by atoms with Crippen molar-refractivity contribution in [2.45, 2.75) is 46.4 Å². The summed E-state index contributed by atoms with van der Waals surface area (Å²) in [6.45, 7) is 7.76. The molecule has 0 aliphatic carbocycles. The maximum absolute atomic E-state index is 14.2. The molecule has 0 saturated heterocycles. The van der Waals surface area contributed by atoms with Gasteiger partial charge >= 0.3 is 5.97 Å². The molecule has 1 aliphatic heterocycles. The zero-order chi connectivity index (χ0) is 33.0. The van der Waals surface area contributed by atoms with Gasteiger partial charge in [-0.2, -0.15) is 0 Å². The van der Waals surface area contributed by atoms with E-state index in [-0.39, 0.29) is 30.5 Å². The maximum atomic E-state index is 14.2. The van der Waals surface area contributed by atoms with Crippen LogP contribution < -0.4 is 33.8 Å². The van der Waals surface area contributed by atoms with Gasteiger partial charge < -0.3 is 23.7 Å². The molecule has 1 aromatic heterocycles. The number of rotatable bonds is 11. The lowest BCUT2D eigenvalue weighted by atomic mass is 9.95. The summed E-state index contributed by atoms with van der Waals surface area (Å²) in [6, 6.07) is 17.4. The van der Waals surface area contributed by atoms with Crippen molar-refractivity contribution in [3.63, 3.8) is 0 Å². The van der Waals surface area contributed by atoms with Crippen molar-refractivity contribution >= 4 is 35.0 Å². The Balaban J connectivity index is 1.65.